The number of rotatable bonds is 2. The summed E-state index contributed by atoms with van der Waals surface area (Å²) in [6.45, 7) is 0. The number of carbonyl (C=O) groups excluding carboxylic acids is 1. The van der Waals surface area contributed by atoms with E-state index in [2.05, 4.69) is 0 Å². The van der Waals surface area contributed by atoms with Gasteiger partial charge in [0.15, 0.2) is 0 Å². The summed E-state index contributed by atoms with van der Waals surface area (Å²) in [5.41, 5.74) is 2.16. The predicted molar refractivity (Wildman–Crippen MR) is 92.9 cm³/mol. The second-order valence-electron chi connectivity index (χ2n) is 5.66. The molecule has 122 valence electrons. The Kier molecular flexibility index (Phi) is 3.54. The Bertz CT molecular complexity index is 1000. The molecule has 0 unspecified atom stereocenters. The van der Waals surface area contributed by atoms with Crippen LogP contribution in [0, 0.1) is 11.0 Å². The van der Waals surface area contributed by atoms with Gasteiger partial charge < -0.3 is 5.21 Å². The van der Waals surface area contributed by atoms with Crippen molar-refractivity contribution in [3.8, 4) is 0 Å². The van der Waals surface area contributed by atoms with Gasteiger partial charge in [-0.15, -0.1) is 0 Å². The fourth-order valence-electron chi connectivity index (χ4n) is 2.93. The van der Waals surface area contributed by atoms with Crippen LogP contribution in [0.25, 0.3) is 11.8 Å². The summed E-state index contributed by atoms with van der Waals surface area (Å²) in [7, 11) is 0. The number of nitrogens with zero attached hydrogens (tertiary/aromatic N) is 2. The lowest BCUT2D eigenvalue weighted by Crippen LogP contribution is -2.37. The lowest BCUT2D eigenvalue weighted by atomic mass is 10.1. The van der Waals surface area contributed by atoms with E-state index < -0.39 is 5.82 Å². The van der Waals surface area contributed by atoms with Crippen LogP contribution in [0.3, 0.4) is 0 Å². The Hall–Kier alpha value is -3.47. The minimum absolute atomic E-state index is 0.172. The SMILES string of the molecule is O=C1c2ccc(F)cc2/C(=C/c2ccccc2)N1c1cccc[n+]1[O-]. The number of fused-ring (bicyclic) bond motifs is 1. The molecule has 0 spiro atoms. The van der Waals surface area contributed by atoms with E-state index in [0.717, 1.165) is 5.56 Å². The van der Waals surface area contributed by atoms with Crippen LogP contribution in [0.2, 0.25) is 0 Å². The summed E-state index contributed by atoms with van der Waals surface area (Å²) in [6.07, 6.45) is 3.10. The van der Waals surface area contributed by atoms with Crippen molar-refractivity contribution < 1.29 is 13.9 Å². The minimum Gasteiger partial charge on any atom is -0.711 e. The van der Waals surface area contributed by atoms with Gasteiger partial charge in [-0.25, -0.2) is 13.9 Å². The van der Waals surface area contributed by atoms with E-state index in [9.17, 15) is 14.4 Å². The van der Waals surface area contributed by atoms with Gasteiger partial charge >= 0.3 is 5.91 Å². The predicted octanol–water partition coefficient (Wildman–Crippen LogP) is 3.62. The van der Waals surface area contributed by atoms with E-state index in [1.165, 1.54) is 29.3 Å². The quantitative estimate of drug-likeness (QED) is 0.531. The molecule has 1 aliphatic heterocycles. The van der Waals surface area contributed by atoms with Gasteiger partial charge in [0.05, 0.1) is 11.8 Å². The molecule has 2 heterocycles. The first-order valence-electron chi connectivity index (χ1n) is 7.74. The number of hydrogen-bond acceptors (Lipinski definition) is 2. The van der Waals surface area contributed by atoms with Crippen molar-refractivity contribution in [3.63, 3.8) is 0 Å². The molecular formula is C20H13FN2O2. The highest BCUT2D eigenvalue weighted by Gasteiger charge is 2.41. The Morgan fingerprint density at radius 3 is 2.48 bits per heavy atom. The van der Waals surface area contributed by atoms with E-state index in [1.807, 2.05) is 30.3 Å². The maximum Gasteiger partial charge on any atom is 0.347 e. The van der Waals surface area contributed by atoms with Gasteiger partial charge in [0.25, 0.3) is 5.82 Å². The molecule has 4 rings (SSSR count). The molecule has 25 heavy (non-hydrogen) atoms. The van der Waals surface area contributed by atoms with Gasteiger partial charge in [-0.1, -0.05) is 36.4 Å². The highest BCUT2D eigenvalue weighted by Crippen LogP contribution is 2.37. The molecule has 0 saturated carbocycles. The van der Waals surface area contributed by atoms with E-state index >= 15 is 0 Å². The molecule has 0 fully saturated rings. The van der Waals surface area contributed by atoms with Gasteiger partial charge in [0, 0.05) is 11.6 Å². The van der Waals surface area contributed by atoms with Crippen LogP contribution in [0.15, 0.2) is 72.9 Å². The zero-order valence-corrected chi connectivity index (χ0v) is 13.1. The third-order valence-corrected chi connectivity index (χ3v) is 4.07. The molecule has 4 nitrogen and oxygen atoms in total. The van der Waals surface area contributed by atoms with Gasteiger partial charge in [-0.3, -0.25) is 0 Å². The number of amides is 1. The Morgan fingerprint density at radius 1 is 0.960 bits per heavy atom. The summed E-state index contributed by atoms with van der Waals surface area (Å²) in [6, 6.07) is 18.2. The second kappa shape index (κ2) is 5.87. The maximum absolute atomic E-state index is 13.8. The van der Waals surface area contributed by atoms with E-state index in [-0.39, 0.29) is 11.7 Å². The summed E-state index contributed by atoms with van der Waals surface area (Å²) in [5, 5.41) is 12.2. The summed E-state index contributed by atoms with van der Waals surface area (Å²) in [5.74, 6) is -0.616. The molecule has 0 N–H and O–H groups in total. The average molecular weight is 332 g/mol. The van der Waals surface area contributed by atoms with E-state index in [1.54, 1.807) is 24.3 Å². The molecule has 0 atom stereocenters. The molecule has 5 heteroatoms. The van der Waals surface area contributed by atoms with Gasteiger partial charge in [0.2, 0.25) is 0 Å². The van der Waals surface area contributed by atoms with Crippen LogP contribution < -0.4 is 9.63 Å². The maximum atomic E-state index is 13.8. The number of hydrogen-bond donors (Lipinski definition) is 0. The summed E-state index contributed by atoms with van der Waals surface area (Å²) in [4.78, 5) is 14.2. The third-order valence-electron chi connectivity index (χ3n) is 4.07. The molecular weight excluding hydrogens is 319 g/mol. The lowest BCUT2D eigenvalue weighted by Gasteiger charge is -2.15. The van der Waals surface area contributed by atoms with Crippen LogP contribution in [-0.4, -0.2) is 5.91 Å². The summed E-state index contributed by atoms with van der Waals surface area (Å²) < 4.78 is 14.4. The first-order valence-corrected chi connectivity index (χ1v) is 7.74. The summed E-state index contributed by atoms with van der Waals surface area (Å²) >= 11 is 0. The minimum atomic E-state index is -0.435. The fourth-order valence-corrected chi connectivity index (χ4v) is 2.93. The van der Waals surface area contributed by atoms with Crippen LogP contribution in [0.1, 0.15) is 21.5 Å². The van der Waals surface area contributed by atoms with Crippen molar-refractivity contribution in [3.05, 3.63) is 101 Å². The Balaban J connectivity index is 1.95. The van der Waals surface area contributed by atoms with Crippen molar-refractivity contribution >= 4 is 23.5 Å². The highest BCUT2D eigenvalue weighted by atomic mass is 19.1. The molecule has 2 aromatic carbocycles. The van der Waals surface area contributed by atoms with Crippen LogP contribution >= 0.6 is 0 Å². The average Bonchev–Trinajstić information content (AvgIpc) is 2.88. The fraction of sp³-hybridized carbons (Fsp3) is 0. The monoisotopic (exact) mass is 332 g/mol. The van der Waals surface area contributed by atoms with Crippen molar-refractivity contribution in [1.29, 1.82) is 0 Å². The normalized spacial score (nSPS) is 14.8. The molecule has 0 saturated heterocycles. The number of aromatic nitrogens is 1. The lowest BCUT2D eigenvalue weighted by molar-refractivity contribution is -0.591. The Morgan fingerprint density at radius 2 is 1.72 bits per heavy atom. The van der Waals surface area contributed by atoms with Crippen molar-refractivity contribution in [2.45, 2.75) is 0 Å². The van der Waals surface area contributed by atoms with Gasteiger partial charge in [0.1, 0.15) is 11.5 Å². The zero-order valence-electron chi connectivity index (χ0n) is 13.1. The smallest absolute Gasteiger partial charge is 0.347 e. The number of benzene rings is 2. The van der Waals surface area contributed by atoms with Crippen molar-refractivity contribution in [2.75, 3.05) is 4.90 Å². The topological polar surface area (TPSA) is 47.2 Å². The molecule has 3 aromatic rings. The van der Waals surface area contributed by atoms with Crippen molar-refractivity contribution in [1.82, 2.24) is 0 Å². The Labute approximate surface area is 143 Å². The molecule has 0 radical (unpaired) electrons. The number of halogens is 1. The molecule has 0 aliphatic carbocycles. The number of pyridine rings is 1. The first-order chi connectivity index (χ1) is 12.1. The molecule has 1 aliphatic rings. The number of carbonyl (C=O) groups is 1. The number of anilines is 1. The van der Waals surface area contributed by atoms with Crippen LogP contribution in [0.4, 0.5) is 10.2 Å². The largest absolute Gasteiger partial charge is 0.711 e. The first kappa shape index (κ1) is 15.1. The molecule has 0 bridgehead atoms. The molecule has 1 aromatic heterocycles. The van der Waals surface area contributed by atoms with Gasteiger partial charge in [-0.2, -0.15) is 4.90 Å². The van der Waals surface area contributed by atoms with Crippen LogP contribution in [-0.2, 0) is 0 Å². The molecule has 1 amide bonds. The third kappa shape index (κ3) is 2.55. The highest BCUT2D eigenvalue weighted by molar-refractivity contribution is 6.23. The van der Waals surface area contributed by atoms with Crippen LogP contribution in [0.5, 0.6) is 0 Å². The van der Waals surface area contributed by atoms with E-state index in [0.29, 0.717) is 21.6 Å². The standard InChI is InChI=1S/C20H13FN2O2/c21-15-9-10-16-17(13-15)18(12-14-6-2-1-3-7-14)23(20(16)24)19-8-4-5-11-22(19)25/h1-13H/b18-12-. The zero-order chi connectivity index (χ0) is 17.4. The van der Waals surface area contributed by atoms with Gasteiger partial charge in [-0.05, 0) is 35.9 Å². The second-order valence-corrected chi connectivity index (χ2v) is 5.66. The van der Waals surface area contributed by atoms with Crippen molar-refractivity contribution in [2.24, 2.45) is 0 Å². The van der Waals surface area contributed by atoms with E-state index in [4.69, 9.17) is 0 Å².